The van der Waals surface area contributed by atoms with Crippen molar-refractivity contribution >= 4 is 0 Å². The molecule has 4 rings (SSSR count). The van der Waals surface area contributed by atoms with E-state index in [9.17, 15) is 0 Å². The molecule has 0 heterocycles. The average Bonchev–Trinajstić information content (AvgIpc) is 2.98. The van der Waals surface area contributed by atoms with Crippen LogP contribution >= 0.6 is 0 Å². The van der Waals surface area contributed by atoms with Crippen molar-refractivity contribution < 1.29 is 4.74 Å². The first kappa shape index (κ1) is 13.7. The number of methoxy groups -OCH3 is 1. The third kappa shape index (κ3) is 1.96. The molecule has 0 aromatic heterocycles. The van der Waals surface area contributed by atoms with Crippen LogP contribution in [0.5, 0.6) is 5.75 Å². The van der Waals surface area contributed by atoms with E-state index < -0.39 is 0 Å². The fourth-order valence-electron chi connectivity index (χ4n) is 6.00. The van der Waals surface area contributed by atoms with Crippen LogP contribution in [0.1, 0.15) is 68.9 Å². The van der Waals surface area contributed by atoms with Gasteiger partial charge in [0.2, 0.25) is 0 Å². The van der Waals surface area contributed by atoms with Gasteiger partial charge in [-0.25, -0.2) is 0 Å². The first-order valence-corrected chi connectivity index (χ1v) is 8.86. The van der Waals surface area contributed by atoms with Crippen molar-refractivity contribution in [3.63, 3.8) is 0 Å². The molecule has 0 bridgehead atoms. The normalized spacial score (nSPS) is 37.5. The molecule has 2 saturated carbocycles. The van der Waals surface area contributed by atoms with E-state index in [0.717, 1.165) is 23.5 Å². The van der Waals surface area contributed by atoms with Gasteiger partial charge in [0.25, 0.3) is 0 Å². The molecule has 1 heteroatoms. The molecular formula is C20H27O. The zero-order valence-electron chi connectivity index (χ0n) is 13.5. The summed E-state index contributed by atoms with van der Waals surface area (Å²) in [5.41, 5.74) is 3.83. The molecule has 21 heavy (non-hydrogen) atoms. The molecule has 0 N–H and O–H groups in total. The lowest BCUT2D eigenvalue weighted by Crippen LogP contribution is -2.40. The monoisotopic (exact) mass is 283 g/mol. The lowest BCUT2D eigenvalue weighted by atomic mass is 9.54. The minimum atomic E-state index is 0.698. The Hall–Kier alpha value is -0.980. The van der Waals surface area contributed by atoms with Crippen molar-refractivity contribution in [1.29, 1.82) is 0 Å². The van der Waals surface area contributed by atoms with Crippen LogP contribution in [0.3, 0.4) is 0 Å². The molecule has 113 valence electrons. The summed E-state index contributed by atoms with van der Waals surface area (Å²) in [6.07, 6.45) is 11.4. The molecule has 0 aliphatic heterocycles. The van der Waals surface area contributed by atoms with E-state index in [1.165, 1.54) is 51.4 Å². The summed E-state index contributed by atoms with van der Waals surface area (Å²) in [6, 6.07) is 7.77. The van der Waals surface area contributed by atoms with Crippen LogP contribution in [0.4, 0.5) is 0 Å². The van der Waals surface area contributed by atoms with Crippen molar-refractivity contribution in [3.05, 3.63) is 29.3 Å². The quantitative estimate of drug-likeness (QED) is 0.731. The van der Waals surface area contributed by atoms with Gasteiger partial charge < -0.3 is 4.74 Å². The van der Waals surface area contributed by atoms with Crippen LogP contribution in [0.2, 0.25) is 0 Å². The summed E-state index contributed by atoms with van der Waals surface area (Å²) in [4.78, 5) is 0. The van der Waals surface area contributed by atoms with Crippen molar-refractivity contribution in [2.24, 2.45) is 17.3 Å². The number of aryl methyl sites for hydroxylation is 1. The highest BCUT2D eigenvalue weighted by Gasteiger charge is 2.51. The highest BCUT2D eigenvalue weighted by molar-refractivity contribution is 5.40. The Morgan fingerprint density at radius 3 is 3.00 bits per heavy atom. The predicted octanol–water partition coefficient (Wildman–Crippen LogP) is 5.13. The standard InChI is InChI=1S/C20H27O/c1-3-20-11-4-5-19(20)17-9-7-14-6-8-15(21-2)13-18(14)16(17)10-12-20/h6,13,16-17,19H,3-5,7,9-12H2,1-2H3/t16-,17+,19-,20-/m0/s1. The molecule has 1 nitrogen and oxygen atoms in total. The minimum absolute atomic E-state index is 0.698. The van der Waals surface area contributed by atoms with Crippen LogP contribution < -0.4 is 4.74 Å². The van der Waals surface area contributed by atoms with Crippen molar-refractivity contribution in [3.8, 4) is 5.75 Å². The molecule has 0 unspecified atom stereocenters. The average molecular weight is 283 g/mol. The predicted molar refractivity (Wildman–Crippen MR) is 85.7 cm³/mol. The van der Waals surface area contributed by atoms with Gasteiger partial charge in [-0.05, 0) is 85.0 Å². The molecular weight excluding hydrogens is 256 g/mol. The maximum atomic E-state index is 5.43. The molecule has 3 aliphatic rings. The molecule has 2 fully saturated rings. The number of fused-ring (bicyclic) bond motifs is 5. The van der Waals surface area contributed by atoms with E-state index in [1.54, 1.807) is 18.2 Å². The number of hydrogen-bond donors (Lipinski definition) is 0. The largest absolute Gasteiger partial charge is 0.496 e. The molecule has 0 amide bonds. The van der Waals surface area contributed by atoms with Gasteiger partial charge in [0.15, 0.2) is 0 Å². The molecule has 1 aromatic carbocycles. The van der Waals surface area contributed by atoms with E-state index in [1.807, 2.05) is 0 Å². The van der Waals surface area contributed by atoms with E-state index in [2.05, 4.69) is 25.1 Å². The maximum Gasteiger partial charge on any atom is 0.127 e. The summed E-state index contributed by atoms with van der Waals surface area (Å²) >= 11 is 0. The zero-order chi connectivity index (χ0) is 14.4. The Labute approximate surface area is 129 Å². The fraction of sp³-hybridized carbons (Fsp3) is 0.700. The third-order valence-corrected chi connectivity index (χ3v) is 7.08. The Morgan fingerprint density at radius 2 is 2.19 bits per heavy atom. The number of ether oxygens (including phenoxy) is 1. The Bertz CT molecular complexity index is 535. The van der Waals surface area contributed by atoms with E-state index in [0.29, 0.717) is 5.41 Å². The second kappa shape index (κ2) is 5.04. The van der Waals surface area contributed by atoms with Gasteiger partial charge in [-0.3, -0.25) is 0 Å². The molecule has 0 spiro atoms. The van der Waals surface area contributed by atoms with Gasteiger partial charge in [0.05, 0.1) is 7.11 Å². The van der Waals surface area contributed by atoms with Crippen molar-refractivity contribution in [2.45, 2.75) is 64.2 Å². The van der Waals surface area contributed by atoms with Crippen LogP contribution in [-0.4, -0.2) is 7.11 Å². The summed E-state index contributed by atoms with van der Waals surface area (Å²) in [7, 11) is 1.76. The van der Waals surface area contributed by atoms with Gasteiger partial charge in [-0.2, -0.15) is 0 Å². The van der Waals surface area contributed by atoms with Gasteiger partial charge in [-0.1, -0.05) is 19.8 Å². The summed E-state index contributed by atoms with van der Waals surface area (Å²) < 4.78 is 5.43. The highest BCUT2D eigenvalue weighted by Crippen LogP contribution is 2.62. The van der Waals surface area contributed by atoms with E-state index in [-0.39, 0.29) is 0 Å². The Morgan fingerprint density at radius 1 is 1.29 bits per heavy atom. The topological polar surface area (TPSA) is 9.23 Å². The highest BCUT2D eigenvalue weighted by atomic mass is 16.5. The molecule has 1 aromatic rings. The Balaban J connectivity index is 1.70. The lowest BCUT2D eigenvalue weighted by molar-refractivity contribution is 0.0408. The summed E-state index contributed by atoms with van der Waals surface area (Å²) in [5.74, 6) is 3.64. The van der Waals surface area contributed by atoms with Crippen LogP contribution in [-0.2, 0) is 6.42 Å². The number of rotatable bonds is 2. The maximum absolute atomic E-state index is 5.43. The molecule has 1 radical (unpaired) electrons. The molecule has 4 atom stereocenters. The lowest BCUT2D eigenvalue weighted by Gasteiger charge is -2.50. The van der Waals surface area contributed by atoms with E-state index >= 15 is 0 Å². The SMILES string of the molecule is CC[C@@]12CCC[C@H]1[C@@H]1CCc3c[c]c(OC)cc3[C@H]1CC2. The van der Waals surface area contributed by atoms with Gasteiger partial charge in [-0.15, -0.1) is 0 Å². The smallest absolute Gasteiger partial charge is 0.127 e. The van der Waals surface area contributed by atoms with Crippen LogP contribution in [0, 0.1) is 23.3 Å². The molecule has 0 saturated heterocycles. The second-order valence-corrected chi connectivity index (χ2v) is 7.54. The third-order valence-electron chi connectivity index (χ3n) is 7.08. The van der Waals surface area contributed by atoms with Crippen LogP contribution in [0.25, 0.3) is 0 Å². The number of benzene rings is 1. The van der Waals surface area contributed by atoms with Crippen molar-refractivity contribution in [1.82, 2.24) is 0 Å². The zero-order valence-corrected chi connectivity index (χ0v) is 13.5. The molecule has 3 aliphatic carbocycles. The van der Waals surface area contributed by atoms with Gasteiger partial charge >= 0.3 is 0 Å². The summed E-state index contributed by atoms with van der Waals surface area (Å²) in [6.45, 7) is 2.44. The fourth-order valence-corrected chi connectivity index (χ4v) is 6.00. The number of hydrogen-bond acceptors (Lipinski definition) is 1. The first-order chi connectivity index (χ1) is 10.3. The van der Waals surface area contributed by atoms with Gasteiger partial charge in [0, 0.05) is 6.07 Å². The first-order valence-electron chi connectivity index (χ1n) is 8.86. The second-order valence-electron chi connectivity index (χ2n) is 7.54. The van der Waals surface area contributed by atoms with Gasteiger partial charge in [0.1, 0.15) is 5.75 Å². The summed E-state index contributed by atoms with van der Waals surface area (Å²) in [5, 5.41) is 0. The van der Waals surface area contributed by atoms with E-state index in [4.69, 9.17) is 4.74 Å². The minimum Gasteiger partial charge on any atom is -0.496 e. The van der Waals surface area contributed by atoms with Crippen molar-refractivity contribution in [2.75, 3.05) is 7.11 Å². The Kier molecular flexibility index (Phi) is 3.28. The van der Waals surface area contributed by atoms with Crippen LogP contribution in [0.15, 0.2) is 12.1 Å².